The van der Waals surface area contributed by atoms with Crippen molar-refractivity contribution in [1.82, 2.24) is 5.32 Å². The molecule has 0 saturated heterocycles. The van der Waals surface area contributed by atoms with Crippen LogP contribution in [0.3, 0.4) is 0 Å². The van der Waals surface area contributed by atoms with Crippen molar-refractivity contribution in [3.8, 4) is 11.8 Å². The highest BCUT2D eigenvalue weighted by Gasteiger charge is 2.08. The molecule has 0 spiro atoms. The van der Waals surface area contributed by atoms with Gasteiger partial charge in [-0.3, -0.25) is 4.79 Å². The fourth-order valence-electron chi connectivity index (χ4n) is 1.25. The third-order valence-corrected chi connectivity index (χ3v) is 2.66. The lowest BCUT2D eigenvalue weighted by molar-refractivity contribution is -0.120. The van der Waals surface area contributed by atoms with E-state index < -0.39 is 0 Å². The number of phenolic OH excluding ortho intramolecular Hbond substituents is 1. The van der Waals surface area contributed by atoms with Crippen molar-refractivity contribution < 1.29 is 9.90 Å². The van der Waals surface area contributed by atoms with Crippen LogP contribution in [0.4, 0.5) is 0 Å². The number of nitrogens with zero attached hydrogens (tertiary/aromatic N) is 1. The summed E-state index contributed by atoms with van der Waals surface area (Å²) in [4.78, 5) is 11.2. The van der Waals surface area contributed by atoms with Gasteiger partial charge in [-0.25, -0.2) is 0 Å². The second-order valence-corrected chi connectivity index (χ2v) is 4.16. The van der Waals surface area contributed by atoms with E-state index in [1.54, 1.807) is 12.1 Å². The molecular weight excluding hydrogens is 263 g/mol. The topological polar surface area (TPSA) is 73.1 Å². The maximum atomic E-state index is 11.2. The van der Waals surface area contributed by atoms with Crippen LogP contribution in [0.15, 0.2) is 12.1 Å². The lowest BCUT2D eigenvalue weighted by Crippen LogP contribution is -2.23. The number of carbonyl (C=O) groups is 1. The summed E-state index contributed by atoms with van der Waals surface area (Å²) < 4.78 is 0. The first-order valence-corrected chi connectivity index (χ1v) is 5.60. The molecule has 0 saturated carbocycles. The number of rotatable bonds is 4. The highest BCUT2D eigenvalue weighted by Crippen LogP contribution is 2.32. The Morgan fingerprint density at radius 2 is 2.00 bits per heavy atom. The van der Waals surface area contributed by atoms with E-state index in [9.17, 15) is 9.90 Å². The van der Waals surface area contributed by atoms with E-state index in [1.807, 2.05) is 6.07 Å². The van der Waals surface area contributed by atoms with Gasteiger partial charge in [0, 0.05) is 6.42 Å². The molecule has 2 N–H and O–H groups in total. The number of carbonyl (C=O) groups excluding carboxylic acids is 1. The van der Waals surface area contributed by atoms with Gasteiger partial charge in [-0.2, -0.15) is 5.26 Å². The van der Waals surface area contributed by atoms with Crippen LogP contribution in [0.1, 0.15) is 12.0 Å². The minimum Gasteiger partial charge on any atom is -0.505 e. The smallest absolute Gasteiger partial charge is 0.221 e. The summed E-state index contributed by atoms with van der Waals surface area (Å²) in [5, 5.41) is 20.4. The van der Waals surface area contributed by atoms with Gasteiger partial charge in [0.1, 0.15) is 6.54 Å². The molecule has 0 aliphatic rings. The fraction of sp³-hybridized carbons (Fsp3) is 0.273. The Balaban J connectivity index is 2.59. The molecule has 4 nitrogen and oxygen atoms in total. The van der Waals surface area contributed by atoms with Crippen LogP contribution in [-0.2, 0) is 11.2 Å². The van der Waals surface area contributed by atoms with Gasteiger partial charge in [-0.1, -0.05) is 23.2 Å². The Hall–Kier alpha value is -1.44. The molecule has 1 rings (SSSR count). The molecule has 0 aromatic heterocycles. The van der Waals surface area contributed by atoms with E-state index in [1.165, 1.54) is 0 Å². The van der Waals surface area contributed by atoms with E-state index in [-0.39, 0.29) is 34.7 Å². The van der Waals surface area contributed by atoms with Crippen LogP contribution in [0.2, 0.25) is 10.0 Å². The average molecular weight is 273 g/mol. The van der Waals surface area contributed by atoms with Gasteiger partial charge in [0.05, 0.1) is 16.1 Å². The maximum absolute atomic E-state index is 11.2. The first kappa shape index (κ1) is 13.6. The van der Waals surface area contributed by atoms with Gasteiger partial charge in [0.15, 0.2) is 5.75 Å². The summed E-state index contributed by atoms with van der Waals surface area (Å²) in [6.07, 6.45) is 0.677. The summed E-state index contributed by atoms with van der Waals surface area (Å²) in [5.74, 6) is -0.377. The minimum absolute atomic E-state index is 0.00404. The van der Waals surface area contributed by atoms with Gasteiger partial charge < -0.3 is 10.4 Å². The largest absolute Gasteiger partial charge is 0.505 e. The van der Waals surface area contributed by atoms with Crippen LogP contribution in [-0.4, -0.2) is 17.6 Å². The highest BCUT2D eigenvalue weighted by molar-refractivity contribution is 6.37. The van der Waals surface area contributed by atoms with E-state index in [2.05, 4.69) is 5.32 Å². The first-order chi connectivity index (χ1) is 8.04. The molecule has 0 radical (unpaired) electrons. The molecule has 0 heterocycles. The van der Waals surface area contributed by atoms with Crippen LogP contribution >= 0.6 is 23.2 Å². The van der Waals surface area contributed by atoms with E-state index in [0.717, 1.165) is 5.56 Å². The Morgan fingerprint density at radius 1 is 1.41 bits per heavy atom. The normalized spacial score (nSPS) is 9.71. The molecule has 0 unspecified atom stereocenters. The summed E-state index contributed by atoms with van der Waals surface area (Å²) in [7, 11) is 0. The third kappa shape index (κ3) is 4.14. The second kappa shape index (κ2) is 6.33. The lowest BCUT2D eigenvalue weighted by Gasteiger charge is -2.05. The summed E-state index contributed by atoms with van der Waals surface area (Å²) >= 11 is 11.5. The van der Waals surface area contributed by atoms with Crippen LogP contribution in [0, 0.1) is 11.3 Å². The fourth-order valence-corrected chi connectivity index (χ4v) is 1.78. The van der Waals surface area contributed by atoms with E-state index in [4.69, 9.17) is 28.5 Å². The molecule has 1 amide bonds. The van der Waals surface area contributed by atoms with Gasteiger partial charge >= 0.3 is 0 Å². The maximum Gasteiger partial charge on any atom is 0.221 e. The predicted molar refractivity (Wildman–Crippen MR) is 65.1 cm³/mol. The van der Waals surface area contributed by atoms with Crippen molar-refractivity contribution >= 4 is 29.1 Å². The van der Waals surface area contributed by atoms with Crippen molar-refractivity contribution in [2.45, 2.75) is 12.8 Å². The van der Waals surface area contributed by atoms with Crippen molar-refractivity contribution in [3.05, 3.63) is 27.7 Å². The Morgan fingerprint density at radius 3 is 2.53 bits per heavy atom. The Bertz CT molecular complexity index is 446. The van der Waals surface area contributed by atoms with Crippen molar-refractivity contribution in [2.24, 2.45) is 0 Å². The number of halogens is 2. The van der Waals surface area contributed by atoms with Crippen LogP contribution in [0.5, 0.6) is 5.75 Å². The van der Waals surface area contributed by atoms with E-state index in [0.29, 0.717) is 6.42 Å². The number of aryl methyl sites for hydroxylation is 1. The van der Waals surface area contributed by atoms with Gasteiger partial charge in [0.25, 0.3) is 0 Å². The molecule has 17 heavy (non-hydrogen) atoms. The second-order valence-electron chi connectivity index (χ2n) is 3.34. The number of hydrogen-bond donors (Lipinski definition) is 2. The third-order valence-electron chi connectivity index (χ3n) is 2.08. The number of phenols is 1. The molecule has 90 valence electrons. The van der Waals surface area contributed by atoms with E-state index >= 15 is 0 Å². The number of benzene rings is 1. The van der Waals surface area contributed by atoms with Gasteiger partial charge in [-0.15, -0.1) is 0 Å². The SMILES string of the molecule is N#CCNC(=O)CCc1cc(Cl)c(O)c(Cl)c1. The lowest BCUT2D eigenvalue weighted by atomic mass is 10.1. The van der Waals surface area contributed by atoms with Crippen molar-refractivity contribution in [1.29, 1.82) is 5.26 Å². The summed E-state index contributed by atoms with van der Waals surface area (Å²) in [5.41, 5.74) is 0.755. The molecule has 0 bridgehead atoms. The summed E-state index contributed by atoms with van der Waals surface area (Å²) in [6.45, 7) is -0.00404. The molecule has 1 aromatic rings. The van der Waals surface area contributed by atoms with Crippen LogP contribution < -0.4 is 5.32 Å². The van der Waals surface area contributed by atoms with Gasteiger partial charge in [0.2, 0.25) is 5.91 Å². The standard InChI is InChI=1S/C11H10Cl2N2O2/c12-8-5-7(6-9(13)11(8)17)1-2-10(16)15-4-3-14/h5-6,17H,1-2,4H2,(H,15,16). The zero-order chi connectivity index (χ0) is 12.8. The molecular formula is C11H10Cl2N2O2. The molecule has 6 heteroatoms. The molecule has 0 fully saturated rings. The number of amides is 1. The first-order valence-electron chi connectivity index (χ1n) is 4.85. The molecule has 1 aromatic carbocycles. The minimum atomic E-state index is -0.216. The average Bonchev–Trinajstić information content (AvgIpc) is 2.30. The molecule has 0 aliphatic heterocycles. The highest BCUT2D eigenvalue weighted by atomic mass is 35.5. The quantitative estimate of drug-likeness (QED) is 0.826. The monoisotopic (exact) mass is 272 g/mol. The Labute approximate surface area is 109 Å². The van der Waals surface area contributed by atoms with Crippen molar-refractivity contribution in [3.63, 3.8) is 0 Å². The van der Waals surface area contributed by atoms with Crippen LogP contribution in [0.25, 0.3) is 0 Å². The Kier molecular flexibility index (Phi) is 5.08. The number of nitrogens with one attached hydrogen (secondary N) is 1. The zero-order valence-corrected chi connectivity index (χ0v) is 10.3. The summed E-state index contributed by atoms with van der Waals surface area (Å²) in [6, 6.07) is 4.93. The molecule has 0 aliphatic carbocycles. The number of nitriles is 1. The van der Waals surface area contributed by atoms with Gasteiger partial charge in [-0.05, 0) is 24.1 Å². The van der Waals surface area contributed by atoms with Crippen molar-refractivity contribution in [2.75, 3.05) is 6.54 Å². The predicted octanol–water partition coefficient (Wildman–Crippen LogP) is 2.27. The molecule has 0 atom stereocenters. The number of hydrogen-bond acceptors (Lipinski definition) is 3. The zero-order valence-electron chi connectivity index (χ0n) is 8.83. The number of aromatic hydroxyl groups is 1.